The fourth-order valence-electron chi connectivity index (χ4n) is 21.8. The Morgan fingerprint density at radius 2 is 0.304 bits per heavy atom. The van der Waals surface area contributed by atoms with Gasteiger partial charge in [-0.2, -0.15) is 0 Å². The Kier molecular flexibility index (Phi) is 19.9. The number of nitrogens with zero attached hydrogens (tertiary/aromatic N) is 6. The number of para-hydroxylation sites is 8. The molecule has 138 heavy (non-hydrogen) atoms. The van der Waals surface area contributed by atoms with E-state index in [-0.39, 0.29) is 0 Å². The molecule has 6 heterocycles. The van der Waals surface area contributed by atoms with Crippen molar-refractivity contribution in [3.63, 3.8) is 0 Å². The first-order valence-corrected chi connectivity index (χ1v) is 47.4. The predicted octanol–water partition coefficient (Wildman–Crippen LogP) is 35.3. The van der Waals surface area contributed by atoms with Crippen LogP contribution in [0.25, 0.3) is 243 Å². The van der Waals surface area contributed by atoms with E-state index in [9.17, 15) is 0 Å². The summed E-state index contributed by atoms with van der Waals surface area (Å²) in [6, 6.07) is 193. The summed E-state index contributed by atoms with van der Waals surface area (Å²) in [7, 11) is 0. The maximum Gasteiger partial charge on any atom is 0.0547 e. The molecule has 0 fully saturated rings. The van der Waals surface area contributed by atoms with E-state index in [4.69, 9.17) is 0 Å². The maximum absolute atomic E-state index is 2.42. The zero-order valence-corrected chi connectivity index (χ0v) is 75.5. The lowest BCUT2D eigenvalue weighted by molar-refractivity contribution is 1.18. The molecule has 6 heteroatoms. The van der Waals surface area contributed by atoms with E-state index in [1.54, 1.807) is 0 Å². The van der Waals surface area contributed by atoms with Crippen molar-refractivity contribution in [2.24, 2.45) is 0 Å². The lowest BCUT2D eigenvalue weighted by Gasteiger charge is -2.11. The van der Waals surface area contributed by atoms with Crippen molar-refractivity contribution in [2.75, 3.05) is 0 Å². The largest absolute Gasteiger partial charge is 0.309 e. The molecule has 0 aliphatic carbocycles. The molecule has 22 aromatic carbocycles. The van der Waals surface area contributed by atoms with Crippen molar-refractivity contribution in [3.05, 3.63) is 534 Å². The van der Waals surface area contributed by atoms with E-state index in [2.05, 4.69) is 561 Å². The number of fused-ring (bicyclic) bond motifs is 18. The van der Waals surface area contributed by atoms with Crippen LogP contribution in [0.3, 0.4) is 0 Å². The van der Waals surface area contributed by atoms with Crippen LogP contribution in [0.5, 0.6) is 0 Å². The molecule has 6 nitrogen and oxygen atoms in total. The first-order chi connectivity index (χ1) is 68.5. The van der Waals surface area contributed by atoms with Gasteiger partial charge >= 0.3 is 0 Å². The molecule has 28 aromatic rings. The standard InChI is InChI=1S/C48H32N2.2C42H28N2/c1-3-13-33(14-4-1)35-25-28-38(29-26-35)49-45-23-10-8-20-42(45)48-40(21-12-24-47(48)49)37-27-30-46-43(32-37)41-19-7-9-22-44(41)50(46)39-18-11-17-36(31-39)34-15-5-2-6-16-34;1-3-13-29(14-4-1)30-15-11-18-33(27-30)44-39-23-10-8-20-37(39)42-34(21-12-24-40(42)44)31-25-26-36-35-19-7-9-22-38(35)43(41(36)28-31)32-16-5-2-6-17-32;1-3-12-29(13-4-1)30-22-25-33(26-23-30)43-38-19-9-7-16-35(38)37-28-31(24-27-40(37)43)34-18-11-21-41-42(34)36-17-8-10-20-39(36)44(41)32-14-5-2-6-15-32/h1-32H;2*1-28H. The van der Waals surface area contributed by atoms with Crippen LogP contribution in [-0.2, 0) is 0 Å². The van der Waals surface area contributed by atoms with Crippen molar-refractivity contribution in [1.29, 1.82) is 0 Å². The predicted molar refractivity (Wildman–Crippen MR) is 583 cm³/mol. The topological polar surface area (TPSA) is 29.6 Å². The Bertz CT molecular complexity index is 9530. The third-order valence-electron chi connectivity index (χ3n) is 28.0. The average molecular weight is 1760 g/mol. The molecule has 0 aliphatic rings. The van der Waals surface area contributed by atoms with Crippen LogP contribution >= 0.6 is 0 Å². The van der Waals surface area contributed by atoms with Crippen LogP contribution in [0.1, 0.15) is 0 Å². The summed E-state index contributed by atoms with van der Waals surface area (Å²) < 4.78 is 14.4. The van der Waals surface area contributed by atoms with Gasteiger partial charge in [-0.15, -0.1) is 0 Å². The summed E-state index contributed by atoms with van der Waals surface area (Å²) in [6.45, 7) is 0. The number of benzene rings is 22. The lowest BCUT2D eigenvalue weighted by atomic mass is 9.98. The van der Waals surface area contributed by atoms with Gasteiger partial charge in [-0.1, -0.05) is 376 Å². The second-order valence-corrected chi connectivity index (χ2v) is 35.7. The Balaban J connectivity index is 0.000000107. The number of aromatic nitrogens is 6. The highest BCUT2D eigenvalue weighted by atomic mass is 15.0. The lowest BCUT2D eigenvalue weighted by Crippen LogP contribution is -1.94. The second-order valence-electron chi connectivity index (χ2n) is 35.7. The van der Waals surface area contributed by atoms with Gasteiger partial charge in [0.05, 0.1) is 66.2 Å². The molecule has 0 atom stereocenters. The third-order valence-corrected chi connectivity index (χ3v) is 28.0. The van der Waals surface area contributed by atoms with E-state index >= 15 is 0 Å². The second kappa shape index (κ2) is 34.0. The fraction of sp³-hybridized carbons (Fsp3) is 0. The molecule has 0 aliphatic heterocycles. The van der Waals surface area contributed by atoms with Crippen molar-refractivity contribution < 1.29 is 0 Å². The molecule has 0 radical (unpaired) electrons. The first-order valence-electron chi connectivity index (χ1n) is 47.4. The van der Waals surface area contributed by atoms with Crippen molar-refractivity contribution in [2.45, 2.75) is 0 Å². The number of rotatable bonds is 13. The molecule has 0 spiro atoms. The van der Waals surface area contributed by atoms with Gasteiger partial charge in [-0.25, -0.2) is 0 Å². The minimum absolute atomic E-state index is 1.16. The van der Waals surface area contributed by atoms with Gasteiger partial charge in [0.25, 0.3) is 0 Å². The zero-order valence-electron chi connectivity index (χ0n) is 75.5. The van der Waals surface area contributed by atoms with Gasteiger partial charge in [-0.05, 0) is 236 Å². The Morgan fingerprint density at radius 1 is 0.0942 bits per heavy atom. The zero-order chi connectivity index (χ0) is 91.1. The highest BCUT2D eigenvalue weighted by Crippen LogP contribution is 2.48. The van der Waals surface area contributed by atoms with Gasteiger partial charge in [0.1, 0.15) is 0 Å². The van der Waals surface area contributed by atoms with Crippen molar-refractivity contribution in [1.82, 2.24) is 27.4 Å². The fourth-order valence-corrected chi connectivity index (χ4v) is 21.8. The first kappa shape index (κ1) is 80.5. The molecule has 0 amide bonds. The minimum atomic E-state index is 1.16. The van der Waals surface area contributed by atoms with E-state index in [0.717, 1.165) is 22.7 Å². The van der Waals surface area contributed by atoms with E-state index in [1.807, 2.05) is 0 Å². The molecule has 0 N–H and O–H groups in total. The van der Waals surface area contributed by atoms with Crippen LogP contribution in [0, 0.1) is 0 Å². The molecule has 6 aromatic heterocycles. The number of hydrogen-bond donors (Lipinski definition) is 0. The summed E-state index contributed by atoms with van der Waals surface area (Å²) >= 11 is 0. The van der Waals surface area contributed by atoms with Gasteiger partial charge in [0.15, 0.2) is 0 Å². The molecule has 28 rings (SSSR count). The van der Waals surface area contributed by atoms with Gasteiger partial charge in [0.2, 0.25) is 0 Å². The average Bonchev–Trinajstić information content (AvgIpc) is 1.58. The molecule has 0 unspecified atom stereocenters. The summed E-state index contributed by atoms with van der Waals surface area (Å²) in [6.07, 6.45) is 0. The normalized spacial score (nSPS) is 11.6. The summed E-state index contributed by atoms with van der Waals surface area (Å²) in [5, 5.41) is 15.2. The molecular weight excluding hydrogens is 1670 g/mol. The Labute approximate surface area is 798 Å². The highest BCUT2D eigenvalue weighted by Gasteiger charge is 2.25. The molecular formula is C132H88N6. The SMILES string of the molecule is c1ccc(-c2ccc(-n3c4ccccc4c4c(-c5ccc6c(c5)c5ccccc5n6-c5cccc(-c6ccccc6)c5)cccc43)cc2)cc1.c1ccc(-c2ccc(-n3c4ccccc4c4cc(-c5cccc6c5c5ccccc5n6-c5ccccc5)ccc43)cc2)cc1.c1ccc(-c2cccc(-n3c4ccccc4c4c(-c5ccc6c7ccccc7n(-c7ccccc7)c6c5)cccc43)c2)cc1. The summed E-state index contributed by atoms with van der Waals surface area (Å²) in [5.74, 6) is 0. The Hall–Kier alpha value is -18.4. The molecule has 0 saturated heterocycles. The minimum Gasteiger partial charge on any atom is -0.309 e. The monoisotopic (exact) mass is 1760 g/mol. The molecule has 646 valence electrons. The van der Waals surface area contributed by atoms with Gasteiger partial charge in [0, 0.05) is 98.8 Å². The van der Waals surface area contributed by atoms with Crippen LogP contribution in [-0.4, -0.2) is 27.4 Å². The van der Waals surface area contributed by atoms with Crippen LogP contribution in [0.2, 0.25) is 0 Å². The van der Waals surface area contributed by atoms with Crippen molar-refractivity contribution in [3.8, 4) is 112 Å². The van der Waals surface area contributed by atoms with Crippen molar-refractivity contribution >= 4 is 131 Å². The summed E-state index contributed by atoms with van der Waals surface area (Å²) in [4.78, 5) is 0. The van der Waals surface area contributed by atoms with Crippen LogP contribution in [0.4, 0.5) is 0 Å². The van der Waals surface area contributed by atoms with Crippen LogP contribution in [0.15, 0.2) is 534 Å². The quantitative estimate of drug-likeness (QED) is 0.110. The van der Waals surface area contributed by atoms with E-state index in [0.29, 0.717) is 0 Å². The number of hydrogen-bond acceptors (Lipinski definition) is 0. The van der Waals surface area contributed by atoms with Gasteiger partial charge < -0.3 is 27.4 Å². The maximum atomic E-state index is 2.42. The Morgan fingerprint density at radius 3 is 0.674 bits per heavy atom. The molecule has 0 saturated carbocycles. The summed E-state index contributed by atoms with van der Waals surface area (Å²) in [5.41, 5.74) is 38.7. The van der Waals surface area contributed by atoms with E-state index < -0.39 is 0 Å². The molecule has 0 bridgehead atoms. The third kappa shape index (κ3) is 13.8. The highest BCUT2D eigenvalue weighted by molar-refractivity contribution is 6.21. The smallest absolute Gasteiger partial charge is 0.0547 e. The van der Waals surface area contributed by atoms with Gasteiger partial charge in [-0.3, -0.25) is 0 Å². The van der Waals surface area contributed by atoms with Crippen LogP contribution < -0.4 is 0 Å². The van der Waals surface area contributed by atoms with E-state index in [1.165, 1.54) is 220 Å².